The van der Waals surface area contributed by atoms with Crippen molar-refractivity contribution in [3.05, 3.63) is 64.8 Å². The van der Waals surface area contributed by atoms with Crippen LogP contribution in [0.4, 0.5) is 19.0 Å². The second-order valence-electron chi connectivity index (χ2n) is 6.90. The van der Waals surface area contributed by atoms with Crippen molar-refractivity contribution in [1.29, 1.82) is 0 Å². The number of hydrogen-bond acceptors (Lipinski definition) is 6. The number of aromatic nitrogens is 3. The normalized spacial score (nSPS) is 14.7. The number of nitrogens with zero attached hydrogens (tertiary/aromatic N) is 4. The summed E-state index contributed by atoms with van der Waals surface area (Å²) in [6.45, 7) is 2.93. The van der Waals surface area contributed by atoms with Gasteiger partial charge in [-0.1, -0.05) is 0 Å². The van der Waals surface area contributed by atoms with Crippen LogP contribution < -0.4 is 10.6 Å². The topological polar surface area (TPSA) is 72.5 Å². The Morgan fingerprint density at radius 1 is 1.13 bits per heavy atom. The number of pyridine rings is 1. The highest BCUT2D eigenvalue weighted by Gasteiger charge is 2.29. The number of rotatable bonds is 5. The first kappa shape index (κ1) is 21.3. The molecule has 1 aliphatic heterocycles. The molecule has 1 N–H and O–H groups in total. The number of imidazole rings is 1. The van der Waals surface area contributed by atoms with E-state index in [9.17, 15) is 23.1 Å². The predicted octanol–water partition coefficient (Wildman–Crippen LogP) is 3.24. The summed E-state index contributed by atoms with van der Waals surface area (Å²) >= 11 is -0.240. The lowest BCUT2D eigenvalue weighted by molar-refractivity contribution is -0.0328. The third-order valence-electron chi connectivity index (χ3n) is 4.76. The minimum Gasteiger partial charge on any atom is -0.493 e. The highest BCUT2D eigenvalue weighted by atomic mass is 32.2. The number of hydrogen-bond donors (Lipinski definition) is 1. The van der Waals surface area contributed by atoms with Crippen LogP contribution >= 0.6 is 11.8 Å². The van der Waals surface area contributed by atoms with E-state index in [4.69, 9.17) is 4.74 Å². The molecule has 1 fully saturated rings. The molecule has 1 aliphatic rings. The number of ether oxygens (including phenoxy) is 1. The van der Waals surface area contributed by atoms with E-state index in [1.165, 1.54) is 35.0 Å². The molecule has 7 nitrogen and oxygen atoms in total. The average molecular weight is 452 g/mol. The predicted molar refractivity (Wildman–Crippen MR) is 110 cm³/mol. The Bertz CT molecular complexity index is 1110. The summed E-state index contributed by atoms with van der Waals surface area (Å²) in [4.78, 5) is 19.3. The zero-order valence-corrected chi connectivity index (χ0v) is 17.1. The Balaban J connectivity index is 1.56. The van der Waals surface area contributed by atoms with Crippen LogP contribution in [0.3, 0.4) is 0 Å². The molecular weight excluding hydrogens is 433 g/mol. The Kier molecular flexibility index (Phi) is 5.96. The molecule has 3 aromatic rings. The van der Waals surface area contributed by atoms with E-state index in [0.29, 0.717) is 13.2 Å². The minimum absolute atomic E-state index is 0.00403. The van der Waals surface area contributed by atoms with Gasteiger partial charge in [-0.3, -0.25) is 4.57 Å². The van der Waals surface area contributed by atoms with Gasteiger partial charge in [0.05, 0.1) is 31.6 Å². The van der Waals surface area contributed by atoms with Gasteiger partial charge in [0.15, 0.2) is 0 Å². The number of halogens is 3. The number of thioether (sulfide) groups is 1. The second kappa shape index (κ2) is 8.67. The van der Waals surface area contributed by atoms with Crippen molar-refractivity contribution in [2.75, 3.05) is 31.2 Å². The van der Waals surface area contributed by atoms with E-state index in [0.717, 1.165) is 29.0 Å². The molecule has 0 atom stereocenters. The fourth-order valence-corrected chi connectivity index (χ4v) is 3.89. The average Bonchev–Trinajstić information content (AvgIpc) is 3.01. The molecule has 0 amide bonds. The van der Waals surface area contributed by atoms with Crippen LogP contribution in [0.25, 0.3) is 5.69 Å². The highest BCUT2D eigenvalue weighted by molar-refractivity contribution is 8.00. The first-order valence-corrected chi connectivity index (χ1v) is 10.3. The van der Waals surface area contributed by atoms with Gasteiger partial charge in [-0.05, 0) is 53.7 Å². The summed E-state index contributed by atoms with van der Waals surface area (Å²) in [6.07, 6.45) is 2.97. The SMILES string of the molecule is O=c1n(Cc2ccnc(N3CCOCC3)c2)cc(O)n1-c1ccc(SC(F)(F)F)cc1. The molecule has 164 valence electrons. The number of anilines is 1. The Hall–Kier alpha value is -2.92. The highest BCUT2D eigenvalue weighted by Crippen LogP contribution is 2.37. The van der Waals surface area contributed by atoms with Gasteiger partial charge in [0, 0.05) is 24.2 Å². The van der Waals surface area contributed by atoms with E-state index >= 15 is 0 Å². The maximum atomic E-state index is 12.8. The fourth-order valence-electron chi connectivity index (χ4n) is 3.35. The summed E-state index contributed by atoms with van der Waals surface area (Å²) < 4.78 is 45.2. The van der Waals surface area contributed by atoms with Gasteiger partial charge in [0.1, 0.15) is 5.82 Å². The molecule has 31 heavy (non-hydrogen) atoms. The van der Waals surface area contributed by atoms with Crippen LogP contribution in [0.1, 0.15) is 5.56 Å². The fraction of sp³-hybridized carbons (Fsp3) is 0.300. The Labute approximate surface area is 179 Å². The molecular formula is C20H19F3N4O3S. The molecule has 1 saturated heterocycles. The third-order valence-corrected chi connectivity index (χ3v) is 5.50. The molecule has 0 bridgehead atoms. The van der Waals surface area contributed by atoms with Gasteiger partial charge in [-0.2, -0.15) is 13.2 Å². The molecule has 0 radical (unpaired) electrons. The Morgan fingerprint density at radius 2 is 1.84 bits per heavy atom. The van der Waals surface area contributed by atoms with E-state index in [1.807, 2.05) is 6.07 Å². The summed E-state index contributed by atoms with van der Waals surface area (Å²) in [5, 5.41) is 10.3. The maximum absolute atomic E-state index is 12.8. The third kappa shape index (κ3) is 5.05. The number of alkyl halides is 3. The van der Waals surface area contributed by atoms with Crippen LogP contribution in [0.15, 0.2) is 58.5 Å². The van der Waals surface area contributed by atoms with Crippen LogP contribution in [0.5, 0.6) is 5.88 Å². The lowest BCUT2D eigenvalue weighted by atomic mass is 10.2. The lowest BCUT2D eigenvalue weighted by Crippen LogP contribution is -2.36. The van der Waals surface area contributed by atoms with E-state index in [2.05, 4.69) is 9.88 Å². The second-order valence-corrected chi connectivity index (χ2v) is 8.04. The number of aromatic hydroxyl groups is 1. The summed E-state index contributed by atoms with van der Waals surface area (Å²) in [7, 11) is 0. The van der Waals surface area contributed by atoms with Crippen molar-refractivity contribution in [2.24, 2.45) is 0 Å². The van der Waals surface area contributed by atoms with Gasteiger partial charge in [-0.25, -0.2) is 14.3 Å². The van der Waals surface area contributed by atoms with Crippen LogP contribution in [0.2, 0.25) is 0 Å². The van der Waals surface area contributed by atoms with Crippen LogP contribution in [-0.4, -0.2) is 51.0 Å². The molecule has 11 heteroatoms. The summed E-state index contributed by atoms with van der Waals surface area (Å²) in [5.41, 5.74) is -3.79. The molecule has 0 unspecified atom stereocenters. The van der Waals surface area contributed by atoms with Crippen molar-refractivity contribution in [2.45, 2.75) is 16.9 Å². The van der Waals surface area contributed by atoms with Gasteiger partial charge in [0.25, 0.3) is 0 Å². The molecule has 1 aromatic carbocycles. The number of morpholine rings is 1. The lowest BCUT2D eigenvalue weighted by Gasteiger charge is -2.28. The molecule has 0 spiro atoms. The largest absolute Gasteiger partial charge is 0.493 e. The monoisotopic (exact) mass is 452 g/mol. The summed E-state index contributed by atoms with van der Waals surface area (Å²) in [6, 6.07) is 8.91. The molecule has 4 rings (SSSR count). The van der Waals surface area contributed by atoms with Crippen molar-refractivity contribution in [3.8, 4) is 11.6 Å². The van der Waals surface area contributed by atoms with Gasteiger partial charge in [-0.15, -0.1) is 0 Å². The zero-order chi connectivity index (χ0) is 22.0. The van der Waals surface area contributed by atoms with E-state index < -0.39 is 11.2 Å². The molecule has 3 heterocycles. The molecule has 0 aliphatic carbocycles. The van der Waals surface area contributed by atoms with E-state index in [1.54, 1.807) is 12.3 Å². The van der Waals surface area contributed by atoms with Crippen molar-refractivity contribution in [3.63, 3.8) is 0 Å². The summed E-state index contributed by atoms with van der Waals surface area (Å²) in [5.74, 6) is 0.485. The quantitative estimate of drug-likeness (QED) is 0.600. The van der Waals surface area contributed by atoms with Crippen molar-refractivity contribution >= 4 is 17.6 Å². The van der Waals surface area contributed by atoms with Crippen LogP contribution in [0, 0.1) is 0 Å². The van der Waals surface area contributed by atoms with Crippen LogP contribution in [-0.2, 0) is 11.3 Å². The first-order chi connectivity index (χ1) is 14.8. The van der Waals surface area contributed by atoms with Gasteiger partial charge < -0.3 is 14.7 Å². The molecule has 0 saturated carbocycles. The van der Waals surface area contributed by atoms with Crippen molar-refractivity contribution in [1.82, 2.24) is 14.1 Å². The van der Waals surface area contributed by atoms with Gasteiger partial charge in [0.2, 0.25) is 5.88 Å². The standard InChI is InChI=1S/C20H19F3N4O3S/c21-20(22,23)31-16-3-1-15(2-4-16)27-18(28)13-26(19(27)29)12-14-5-6-24-17(11-14)25-7-9-30-10-8-25/h1-6,11,13,28H,7-10,12H2. The minimum atomic E-state index is -4.39. The maximum Gasteiger partial charge on any atom is 0.446 e. The smallest absolute Gasteiger partial charge is 0.446 e. The van der Waals surface area contributed by atoms with E-state index in [-0.39, 0.29) is 34.8 Å². The van der Waals surface area contributed by atoms with Gasteiger partial charge >= 0.3 is 11.2 Å². The first-order valence-electron chi connectivity index (χ1n) is 9.45. The Morgan fingerprint density at radius 3 is 2.52 bits per heavy atom. The number of benzene rings is 1. The zero-order valence-electron chi connectivity index (χ0n) is 16.2. The molecule has 2 aromatic heterocycles. The van der Waals surface area contributed by atoms with Crippen molar-refractivity contribution < 1.29 is 23.0 Å².